The van der Waals surface area contributed by atoms with Gasteiger partial charge in [-0.05, 0) is 57.2 Å². The third kappa shape index (κ3) is 4.13. The van der Waals surface area contributed by atoms with Crippen LogP contribution in [0, 0.1) is 6.92 Å². The van der Waals surface area contributed by atoms with E-state index in [1.54, 1.807) is 0 Å². The van der Waals surface area contributed by atoms with E-state index in [4.69, 9.17) is 4.52 Å². The second kappa shape index (κ2) is 7.68. The third-order valence-corrected chi connectivity index (χ3v) is 5.68. The number of nitrogens with one attached hydrogen (secondary N) is 2. The molecule has 7 heteroatoms. The Morgan fingerprint density at radius 1 is 1.22 bits per heavy atom. The molecule has 2 fully saturated rings. The van der Waals surface area contributed by atoms with Crippen molar-refractivity contribution >= 4 is 11.7 Å². The molecule has 0 aromatic carbocycles. The van der Waals surface area contributed by atoms with E-state index in [1.807, 2.05) is 19.3 Å². The van der Waals surface area contributed by atoms with Crippen LogP contribution in [0.1, 0.15) is 61.6 Å². The molecule has 3 heterocycles. The molecule has 4 rings (SSSR count). The summed E-state index contributed by atoms with van der Waals surface area (Å²) in [6.45, 7) is 6.02. The van der Waals surface area contributed by atoms with Crippen molar-refractivity contribution in [2.75, 3.05) is 18.4 Å². The summed E-state index contributed by atoms with van der Waals surface area (Å²) in [5.74, 6) is 1.24. The molecule has 2 aliphatic rings. The number of carbonyl (C=O) groups excluding carboxylic acids is 1. The second-order valence-electron chi connectivity index (χ2n) is 7.65. The third-order valence-electron chi connectivity index (χ3n) is 5.68. The predicted molar refractivity (Wildman–Crippen MR) is 103 cm³/mol. The zero-order valence-electron chi connectivity index (χ0n) is 15.9. The molecule has 1 aliphatic heterocycles. The van der Waals surface area contributed by atoms with Gasteiger partial charge in [-0.15, -0.1) is 0 Å². The summed E-state index contributed by atoms with van der Waals surface area (Å²) in [6.07, 6.45) is 7.79. The number of likely N-dealkylation sites (tertiary alicyclic amines) is 1. The van der Waals surface area contributed by atoms with Crippen LogP contribution >= 0.6 is 0 Å². The molecule has 1 aliphatic carbocycles. The summed E-state index contributed by atoms with van der Waals surface area (Å²) in [6, 6.07) is 4.53. The van der Waals surface area contributed by atoms with Crippen LogP contribution in [-0.2, 0) is 0 Å². The zero-order chi connectivity index (χ0) is 18.8. The molecule has 2 aromatic rings. The average molecular weight is 369 g/mol. The maximum atomic E-state index is 12.5. The molecule has 144 valence electrons. The number of aryl methyl sites for hydroxylation is 1. The van der Waals surface area contributed by atoms with Crippen molar-refractivity contribution in [1.82, 2.24) is 20.4 Å². The van der Waals surface area contributed by atoms with Crippen LogP contribution in [0.2, 0.25) is 0 Å². The quantitative estimate of drug-likeness (QED) is 0.841. The van der Waals surface area contributed by atoms with Crippen molar-refractivity contribution in [3.8, 4) is 0 Å². The van der Waals surface area contributed by atoms with E-state index in [0.717, 1.165) is 55.9 Å². The number of urea groups is 1. The maximum Gasteiger partial charge on any atom is 0.319 e. The lowest BCUT2D eigenvalue weighted by atomic mass is 10.0. The summed E-state index contributed by atoms with van der Waals surface area (Å²) in [5.41, 5.74) is 2.77. The predicted octanol–water partition coefficient (Wildman–Crippen LogP) is 3.60. The lowest BCUT2D eigenvalue weighted by Crippen LogP contribution is -2.46. The number of rotatable bonds is 5. The van der Waals surface area contributed by atoms with E-state index in [0.29, 0.717) is 12.0 Å². The summed E-state index contributed by atoms with van der Waals surface area (Å²) in [5, 5.41) is 10.1. The smallest absolute Gasteiger partial charge is 0.319 e. The molecule has 7 nitrogen and oxygen atoms in total. The van der Waals surface area contributed by atoms with Crippen LogP contribution in [0.5, 0.6) is 0 Å². The Labute approximate surface area is 159 Å². The van der Waals surface area contributed by atoms with Gasteiger partial charge in [-0.25, -0.2) is 4.79 Å². The van der Waals surface area contributed by atoms with Crippen molar-refractivity contribution in [3.05, 3.63) is 41.5 Å². The Balaban J connectivity index is 1.28. The van der Waals surface area contributed by atoms with Gasteiger partial charge in [0.15, 0.2) is 5.76 Å². The van der Waals surface area contributed by atoms with Crippen LogP contribution in [0.3, 0.4) is 0 Å². The molecule has 0 bridgehead atoms. The number of piperidine rings is 1. The molecule has 27 heavy (non-hydrogen) atoms. The first-order valence-electron chi connectivity index (χ1n) is 9.79. The van der Waals surface area contributed by atoms with Crippen LogP contribution in [0.4, 0.5) is 10.5 Å². The summed E-state index contributed by atoms with van der Waals surface area (Å²) in [7, 11) is 0. The molecule has 0 spiro atoms. The first-order valence-corrected chi connectivity index (χ1v) is 9.79. The zero-order valence-corrected chi connectivity index (χ0v) is 15.9. The topological polar surface area (TPSA) is 83.3 Å². The highest BCUT2D eigenvalue weighted by Gasteiger charge is 2.32. The van der Waals surface area contributed by atoms with Crippen molar-refractivity contribution in [2.24, 2.45) is 0 Å². The molecule has 0 radical (unpaired) electrons. The number of pyridine rings is 1. The van der Waals surface area contributed by atoms with Gasteiger partial charge in [0.2, 0.25) is 0 Å². The van der Waals surface area contributed by atoms with Crippen molar-refractivity contribution in [3.63, 3.8) is 0 Å². The maximum absolute atomic E-state index is 12.5. The molecule has 1 saturated carbocycles. The highest BCUT2D eigenvalue weighted by atomic mass is 16.5. The van der Waals surface area contributed by atoms with Crippen molar-refractivity contribution in [1.29, 1.82) is 0 Å². The Morgan fingerprint density at radius 3 is 2.59 bits per heavy atom. The van der Waals surface area contributed by atoms with Gasteiger partial charge >= 0.3 is 6.03 Å². The fourth-order valence-corrected chi connectivity index (χ4v) is 3.78. The Hall–Kier alpha value is -2.41. The Kier molecular flexibility index (Phi) is 5.11. The lowest BCUT2D eigenvalue weighted by Gasteiger charge is -2.36. The van der Waals surface area contributed by atoms with Gasteiger partial charge in [0.05, 0.1) is 0 Å². The first kappa shape index (κ1) is 18.0. The van der Waals surface area contributed by atoms with E-state index < -0.39 is 0 Å². The SMILES string of the molecule is Cc1noc(C2CC2)c1NC(=O)NC1CCN(C(C)c2ccncc2)CC1. The van der Waals surface area contributed by atoms with E-state index in [9.17, 15) is 4.79 Å². The van der Waals surface area contributed by atoms with Crippen LogP contribution in [0.25, 0.3) is 0 Å². The highest BCUT2D eigenvalue weighted by molar-refractivity contribution is 5.90. The molecule has 1 atom stereocenters. The Bertz CT molecular complexity index is 779. The number of hydrogen-bond acceptors (Lipinski definition) is 5. The molecule has 2 N–H and O–H groups in total. The van der Waals surface area contributed by atoms with E-state index in [-0.39, 0.29) is 12.1 Å². The van der Waals surface area contributed by atoms with Gasteiger partial charge in [-0.1, -0.05) is 5.16 Å². The fourth-order valence-electron chi connectivity index (χ4n) is 3.78. The summed E-state index contributed by atoms with van der Waals surface area (Å²) < 4.78 is 5.39. The Morgan fingerprint density at radius 2 is 1.93 bits per heavy atom. The van der Waals surface area contributed by atoms with Gasteiger partial charge in [0.25, 0.3) is 0 Å². The van der Waals surface area contributed by atoms with Gasteiger partial charge < -0.3 is 15.2 Å². The molecule has 2 aromatic heterocycles. The number of nitrogens with zero attached hydrogens (tertiary/aromatic N) is 3. The van der Waals surface area contributed by atoms with Crippen molar-refractivity contribution in [2.45, 2.75) is 57.5 Å². The number of anilines is 1. The van der Waals surface area contributed by atoms with Crippen molar-refractivity contribution < 1.29 is 9.32 Å². The first-order chi connectivity index (χ1) is 13.1. The van der Waals surface area contributed by atoms with Gasteiger partial charge in [-0.3, -0.25) is 9.88 Å². The van der Waals surface area contributed by atoms with Gasteiger partial charge in [-0.2, -0.15) is 0 Å². The van der Waals surface area contributed by atoms with Crippen LogP contribution in [-0.4, -0.2) is 40.2 Å². The van der Waals surface area contributed by atoms with E-state index in [2.05, 4.69) is 44.7 Å². The van der Waals surface area contributed by atoms with Gasteiger partial charge in [0.1, 0.15) is 11.4 Å². The van der Waals surface area contributed by atoms with Crippen LogP contribution < -0.4 is 10.6 Å². The molecular weight excluding hydrogens is 342 g/mol. The molecule has 2 amide bonds. The number of carbonyl (C=O) groups is 1. The molecular formula is C20H27N5O2. The second-order valence-corrected chi connectivity index (χ2v) is 7.65. The minimum absolute atomic E-state index is 0.163. The monoisotopic (exact) mass is 369 g/mol. The highest BCUT2D eigenvalue weighted by Crippen LogP contribution is 2.44. The van der Waals surface area contributed by atoms with E-state index in [1.165, 1.54) is 5.56 Å². The average Bonchev–Trinajstić information content (AvgIpc) is 3.47. The summed E-state index contributed by atoms with van der Waals surface area (Å²) in [4.78, 5) is 19.0. The number of amides is 2. The van der Waals surface area contributed by atoms with Gasteiger partial charge in [0, 0.05) is 43.5 Å². The fraction of sp³-hybridized carbons (Fsp3) is 0.550. The normalized spacial score (nSPS) is 19.6. The minimum Gasteiger partial charge on any atom is -0.359 e. The standard InChI is InChI=1S/C20H27N5O2/c1-13-18(19(27-24-13)16-3-4-16)23-20(26)22-17-7-11-25(12-8-17)14(2)15-5-9-21-10-6-15/h5-6,9-10,14,16-17H,3-4,7-8,11-12H2,1-2H3,(H2,22,23,26). The largest absolute Gasteiger partial charge is 0.359 e. The minimum atomic E-state index is -0.163. The number of hydrogen-bond donors (Lipinski definition) is 2. The number of aromatic nitrogens is 2. The molecule has 1 unspecified atom stereocenters. The molecule has 1 saturated heterocycles. The summed E-state index contributed by atoms with van der Waals surface area (Å²) >= 11 is 0. The van der Waals surface area contributed by atoms with Crippen LogP contribution in [0.15, 0.2) is 29.0 Å². The lowest BCUT2D eigenvalue weighted by molar-refractivity contribution is 0.154. The van der Waals surface area contributed by atoms with E-state index >= 15 is 0 Å².